The Balaban J connectivity index is 1.29. The lowest BCUT2D eigenvalue weighted by Gasteiger charge is -2.35. The quantitative estimate of drug-likeness (QED) is 0.420. The molecule has 0 unspecified atom stereocenters. The summed E-state index contributed by atoms with van der Waals surface area (Å²) in [5.74, 6) is 1.09. The van der Waals surface area contributed by atoms with Crippen molar-refractivity contribution in [3.63, 3.8) is 0 Å². The van der Waals surface area contributed by atoms with Crippen molar-refractivity contribution in [2.75, 3.05) is 49.5 Å². The number of nitrogens with one attached hydrogen (secondary N) is 1. The Morgan fingerprint density at radius 1 is 1.03 bits per heavy atom. The molecule has 188 valence electrons. The van der Waals surface area contributed by atoms with E-state index in [0.717, 1.165) is 69.6 Å². The normalized spacial score (nSPS) is 17.4. The molecule has 4 heterocycles. The summed E-state index contributed by atoms with van der Waals surface area (Å²) in [7, 11) is 0. The van der Waals surface area contributed by atoms with Crippen LogP contribution < -0.4 is 15.8 Å². The Hall–Kier alpha value is -3.57. The smallest absolute Gasteiger partial charge is 0.298 e. The van der Waals surface area contributed by atoms with E-state index in [4.69, 9.17) is 10.1 Å². The van der Waals surface area contributed by atoms with Crippen LogP contribution >= 0.6 is 0 Å². The number of piperazine rings is 1. The molecule has 11 heteroatoms. The van der Waals surface area contributed by atoms with Gasteiger partial charge in [-0.25, -0.2) is 4.98 Å². The zero-order valence-corrected chi connectivity index (χ0v) is 20.5. The summed E-state index contributed by atoms with van der Waals surface area (Å²) in [6.45, 7) is 6.56. The molecule has 6 rings (SSSR count). The second-order valence-electron chi connectivity index (χ2n) is 9.65. The lowest BCUT2D eigenvalue weighted by atomic mass is 10.2. The van der Waals surface area contributed by atoms with Crippen molar-refractivity contribution < 1.29 is 5.11 Å². The van der Waals surface area contributed by atoms with Crippen molar-refractivity contribution in [2.45, 2.75) is 38.6 Å². The lowest BCUT2D eigenvalue weighted by molar-refractivity contribution is 0.189. The monoisotopic (exact) mass is 489 g/mol. The Labute approximate surface area is 208 Å². The van der Waals surface area contributed by atoms with Gasteiger partial charge in [-0.15, -0.1) is 10.2 Å². The number of aliphatic hydroxyl groups is 1. The zero-order chi connectivity index (χ0) is 24.6. The number of rotatable bonds is 6. The minimum Gasteiger partial charge on any atom is -0.395 e. The van der Waals surface area contributed by atoms with Gasteiger partial charge in [0.15, 0.2) is 5.65 Å². The molecule has 0 amide bonds. The third kappa shape index (κ3) is 4.07. The van der Waals surface area contributed by atoms with Crippen molar-refractivity contribution in [3.8, 4) is 0 Å². The van der Waals surface area contributed by atoms with E-state index in [9.17, 15) is 4.79 Å². The van der Waals surface area contributed by atoms with Crippen LogP contribution in [0.4, 0.5) is 17.3 Å². The van der Waals surface area contributed by atoms with Crippen molar-refractivity contribution in [1.82, 2.24) is 34.0 Å². The molecule has 0 radical (unpaired) electrons. The largest absolute Gasteiger partial charge is 0.395 e. The summed E-state index contributed by atoms with van der Waals surface area (Å²) < 4.78 is 3.56. The van der Waals surface area contributed by atoms with Gasteiger partial charge in [0.2, 0.25) is 11.6 Å². The van der Waals surface area contributed by atoms with Gasteiger partial charge < -0.3 is 15.3 Å². The van der Waals surface area contributed by atoms with Crippen LogP contribution in [0.2, 0.25) is 0 Å². The van der Waals surface area contributed by atoms with Crippen LogP contribution in [0.3, 0.4) is 0 Å². The molecule has 0 spiro atoms. The number of benzene rings is 1. The molecule has 4 aromatic rings. The topological polar surface area (TPSA) is 117 Å². The lowest BCUT2D eigenvalue weighted by Crippen LogP contribution is -2.47. The number of nitrogens with zero attached hydrogens (tertiary/aromatic N) is 8. The van der Waals surface area contributed by atoms with Gasteiger partial charge in [-0.1, -0.05) is 12.8 Å². The van der Waals surface area contributed by atoms with Crippen molar-refractivity contribution in [3.05, 3.63) is 46.6 Å². The van der Waals surface area contributed by atoms with Crippen LogP contribution in [0.25, 0.3) is 16.8 Å². The molecule has 0 atom stereocenters. The zero-order valence-electron chi connectivity index (χ0n) is 20.5. The molecular formula is C25H31N9O2. The predicted molar refractivity (Wildman–Crippen MR) is 138 cm³/mol. The molecule has 1 saturated carbocycles. The van der Waals surface area contributed by atoms with Crippen LogP contribution in [0.1, 0.15) is 37.5 Å². The molecule has 1 aromatic carbocycles. The average Bonchev–Trinajstić information content (AvgIpc) is 3.56. The summed E-state index contributed by atoms with van der Waals surface area (Å²) in [6.07, 6.45) is 5.88. The number of hydrogen-bond donors (Lipinski definition) is 2. The summed E-state index contributed by atoms with van der Waals surface area (Å²) in [5.41, 5.74) is 3.57. The maximum absolute atomic E-state index is 13.4. The van der Waals surface area contributed by atoms with Crippen LogP contribution in [0, 0.1) is 6.92 Å². The van der Waals surface area contributed by atoms with Gasteiger partial charge in [0.25, 0.3) is 5.56 Å². The molecule has 3 aromatic heterocycles. The highest BCUT2D eigenvalue weighted by atomic mass is 16.3. The molecule has 2 N–H and O–H groups in total. The number of β-amino-alcohol motifs (C(OH)–C–C–N with tert-alkyl or cyclic N) is 1. The Morgan fingerprint density at radius 2 is 1.78 bits per heavy atom. The number of fused-ring (bicyclic) bond motifs is 3. The van der Waals surface area contributed by atoms with E-state index >= 15 is 0 Å². The van der Waals surface area contributed by atoms with Crippen molar-refractivity contribution >= 4 is 34.1 Å². The van der Waals surface area contributed by atoms with Crippen LogP contribution in [0.15, 0.2) is 35.3 Å². The predicted octanol–water partition coefficient (Wildman–Crippen LogP) is 2.12. The van der Waals surface area contributed by atoms with Gasteiger partial charge in [0.1, 0.15) is 11.3 Å². The Morgan fingerprint density at radius 3 is 2.50 bits per heavy atom. The van der Waals surface area contributed by atoms with Crippen LogP contribution in [-0.2, 0) is 0 Å². The molecule has 11 nitrogen and oxygen atoms in total. The van der Waals surface area contributed by atoms with Crippen LogP contribution in [-0.4, -0.2) is 78.5 Å². The Kier molecular flexibility index (Phi) is 6.02. The maximum atomic E-state index is 13.4. The molecule has 1 aliphatic heterocycles. The number of hydrogen-bond acceptors (Lipinski definition) is 9. The molecular weight excluding hydrogens is 458 g/mol. The van der Waals surface area contributed by atoms with E-state index in [1.807, 2.05) is 19.1 Å². The fourth-order valence-electron chi connectivity index (χ4n) is 5.51. The second kappa shape index (κ2) is 9.47. The number of anilines is 3. The fourth-order valence-corrected chi connectivity index (χ4v) is 5.51. The molecule has 2 aliphatic rings. The minimum atomic E-state index is -0.150. The maximum Gasteiger partial charge on any atom is 0.298 e. The van der Waals surface area contributed by atoms with Crippen LogP contribution in [0.5, 0.6) is 0 Å². The van der Waals surface area contributed by atoms with Gasteiger partial charge >= 0.3 is 0 Å². The molecule has 2 fully saturated rings. The highest BCUT2D eigenvalue weighted by molar-refractivity contribution is 5.75. The molecule has 1 aliphatic carbocycles. The van der Waals surface area contributed by atoms with Gasteiger partial charge in [-0.2, -0.15) is 4.98 Å². The van der Waals surface area contributed by atoms with Gasteiger partial charge in [0, 0.05) is 50.1 Å². The van der Waals surface area contributed by atoms with E-state index in [2.05, 4.69) is 42.4 Å². The highest BCUT2D eigenvalue weighted by Gasteiger charge is 2.25. The molecule has 0 bridgehead atoms. The SMILES string of the molecule is Cc1nnc2c(=O)n(C3CCCC3)c3nc(Nc4ccc(N5CCN(CCO)CC5)cc4)ncc3n12. The van der Waals surface area contributed by atoms with Gasteiger partial charge in [0.05, 0.1) is 12.8 Å². The first-order valence-corrected chi connectivity index (χ1v) is 12.7. The first-order valence-electron chi connectivity index (χ1n) is 12.7. The summed E-state index contributed by atoms with van der Waals surface area (Å²) in [6, 6.07) is 8.37. The number of aromatic nitrogens is 6. The third-order valence-corrected chi connectivity index (χ3v) is 7.42. The summed E-state index contributed by atoms with van der Waals surface area (Å²) in [5, 5.41) is 20.7. The molecule has 36 heavy (non-hydrogen) atoms. The van der Waals surface area contributed by atoms with Gasteiger partial charge in [-0.3, -0.25) is 18.7 Å². The van der Waals surface area contributed by atoms with E-state index in [-0.39, 0.29) is 18.2 Å². The minimum absolute atomic E-state index is 0.113. The first kappa shape index (κ1) is 22.9. The summed E-state index contributed by atoms with van der Waals surface area (Å²) >= 11 is 0. The number of aliphatic hydroxyl groups excluding tert-OH is 1. The summed E-state index contributed by atoms with van der Waals surface area (Å²) in [4.78, 5) is 27.4. The van der Waals surface area contributed by atoms with Crippen molar-refractivity contribution in [1.29, 1.82) is 0 Å². The Bertz CT molecular complexity index is 1430. The highest BCUT2D eigenvalue weighted by Crippen LogP contribution is 2.31. The second-order valence-corrected chi connectivity index (χ2v) is 9.65. The first-order chi connectivity index (χ1) is 17.6. The van der Waals surface area contributed by atoms with E-state index in [1.165, 1.54) is 5.69 Å². The van der Waals surface area contributed by atoms with E-state index < -0.39 is 0 Å². The molecule has 1 saturated heterocycles. The van der Waals surface area contributed by atoms with E-state index in [0.29, 0.717) is 23.1 Å². The third-order valence-electron chi connectivity index (χ3n) is 7.42. The van der Waals surface area contributed by atoms with E-state index in [1.54, 1.807) is 15.2 Å². The number of aryl methyl sites for hydroxylation is 1. The van der Waals surface area contributed by atoms with Gasteiger partial charge in [-0.05, 0) is 44.0 Å². The standard InChI is InChI=1S/C25H31N9O2/c1-17-29-30-23-24(36)34(20-4-2-3-5-20)22-21(33(17)23)16-26-25(28-22)27-18-6-8-19(9-7-18)32-12-10-31(11-13-32)14-15-35/h6-9,16,20,35H,2-5,10-15H2,1H3,(H,26,27,28). The average molecular weight is 490 g/mol. The fraction of sp³-hybridized carbons (Fsp3) is 0.480. The van der Waals surface area contributed by atoms with Crippen molar-refractivity contribution in [2.24, 2.45) is 0 Å².